The molecule has 1 heterocycles. The largest absolute Gasteiger partial charge is 0.371 e. The van der Waals surface area contributed by atoms with Gasteiger partial charge < -0.3 is 4.74 Å². The highest BCUT2D eigenvalue weighted by Crippen LogP contribution is 2.47. The van der Waals surface area contributed by atoms with Crippen molar-refractivity contribution in [3.8, 4) is 0 Å². The quantitative estimate of drug-likeness (QED) is 0.441. The summed E-state index contributed by atoms with van der Waals surface area (Å²) in [4.78, 5) is 2.65. The first-order valence-corrected chi connectivity index (χ1v) is 11.5. The van der Waals surface area contributed by atoms with Gasteiger partial charge in [-0.2, -0.15) is 0 Å². The molecule has 2 heteroatoms. The molecule has 1 atom stereocenters. The highest BCUT2D eigenvalue weighted by atomic mass is 16.5. The lowest BCUT2D eigenvalue weighted by molar-refractivity contribution is -0.0990. The Kier molecular flexibility index (Phi) is 6.31. The Bertz CT molecular complexity index is 910. The maximum atomic E-state index is 6.51. The molecule has 1 aliphatic heterocycles. The second-order valence-electron chi connectivity index (χ2n) is 9.69. The number of rotatable bonds is 7. The zero-order valence-corrected chi connectivity index (χ0v) is 19.3. The van der Waals surface area contributed by atoms with Crippen LogP contribution in [-0.4, -0.2) is 29.2 Å². The Labute approximate surface area is 187 Å². The molecule has 0 aliphatic carbocycles. The van der Waals surface area contributed by atoms with Crippen LogP contribution in [0.1, 0.15) is 50.8 Å². The van der Waals surface area contributed by atoms with Gasteiger partial charge in [-0.25, -0.2) is 0 Å². The number of likely N-dealkylation sites (tertiary alicyclic amines) is 1. The predicted molar refractivity (Wildman–Crippen MR) is 129 cm³/mol. The SMILES string of the molecule is CC(C)OC(C)(C)C1CC(c2ccccc2)(c2ccccc2)CN1Cc1ccccc1. The first kappa shape index (κ1) is 21.8. The molecule has 4 rings (SSSR count). The summed E-state index contributed by atoms with van der Waals surface area (Å²) in [5, 5.41) is 0. The van der Waals surface area contributed by atoms with Crippen molar-refractivity contribution in [3.63, 3.8) is 0 Å². The number of benzene rings is 3. The van der Waals surface area contributed by atoms with Gasteiger partial charge in [0.25, 0.3) is 0 Å². The summed E-state index contributed by atoms with van der Waals surface area (Å²) in [6, 6.07) is 33.2. The topological polar surface area (TPSA) is 12.5 Å². The van der Waals surface area contributed by atoms with E-state index in [0.717, 1.165) is 19.5 Å². The average molecular weight is 414 g/mol. The van der Waals surface area contributed by atoms with E-state index in [9.17, 15) is 0 Å². The van der Waals surface area contributed by atoms with Gasteiger partial charge >= 0.3 is 0 Å². The third kappa shape index (κ3) is 4.61. The van der Waals surface area contributed by atoms with Crippen LogP contribution in [0.5, 0.6) is 0 Å². The van der Waals surface area contributed by atoms with Gasteiger partial charge in [-0.1, -0.05) is 91.0 Å². The fourth-order valence-corrected chi connectivity index (χ4v) is 5.44. The Morgan fingerprint density at radius 1 is 0.839 bits per heavy atom. The third-order valence-corrected chi connectivity index (χ3v) is 6.68. The number of hydrogen-bond acceptors (Lipinski definition) is 2. The molecule has 1 aliphatic rings. The average Bonchev–Trinajstić information content (AvgIpc) is 3.16. The second kappa shape index (κ2) is 8.98. The van der Waals surface area contributed by atoms with Crippen LogP contribution in [0.25, 0.3) is 0 Å². The van der Waals surface area contributed by atoms with Crippen LogP contribution >= 0.6 is 0 Å². The molecule has 3 aromatic rings. The predicted octanol–water partition coefficient (Wildman–Crippen LogP) is 6.45. The van der Waals surface area contributed by atoms with Gasteiger partial charge in [0, 0.05) is 24.5 Å². The van der Waals surface area contributed by atoms with Crippen LogP contribution in [0.3, 0.4) is 0 Å². The van der Waals surface area contributed by atoms with Crippen molar-refractivity contribution in [2.75, 3.05) is 6.54 Å². The number of nitrogens with zero attached hydrogens (tertiary/aromatic N) is 1. The van der Waals surface area contributed by atoms with E-state index in [1.165, 1.54) is 16.7 Å². The molecule has 1 unspecified atom stereocenters. The molecular formula is C29H35NO. The van der Waals surface area contributed by atoms with Crippen LogP contribution in [0.4, 0.5) is 0 Å². The Morgan fingerprint density at radius 2 is 1.32 bits per heavy atom. The first-order chi connectivity index (χ1) is 14.9. The second-order valence-corrected chi connectivity index (χ2v) is 9.69. The van der Waals surface area contributed by atoms with Crippen LogP contribution in [-0.2, 0) is 16.7 Å². The standard InChI is InChI=1S/C29H35NO/c1-23(2)31-28(3,4)27-20-29(25-16-10-6-11-17-25,26-18-12-7-13-19-26)22-30(27)21-24-14-8-5-9-15-24/h5-19,23,27H,20-22H2,1-4H3. The van der Waals surface area contributed by atoms with Gasteiger partial charge in [0.15, 0.2) is 0 Å². The van der Waals surface area contributed by atoms with Crippen LogP contribution in [0, 0.1) is 0 Å². The maximum Gasteiger partial charge on any atom is 0.0785 e. The van der Waals surface area contributed by atoms with Crippen LogP contribution in [0.15, 0.2) is 91.0 Å². The number of ether oxygens (including phenoxy) is 1. The van der Waals surface area contributed by atoms with Crippen molar-refractivity contribution in [1.82, 2.24) is 4.90 Å². The van der Waals surface area contributed by atoms with Crippen molar-refractivity contribution < 1.29 is 4.74 Å². The summed E-state index contributed by atoms with van der Waals surface area (Å²) in [7, 11) is 0. The molecule has 2 nitrogen and oxygen atoms in total. The van der Waals surface area contributed by atoms with Gasteiger partial charge in [0.1, 0.15) is 0 Å². The van der Waals surface area contributed by atoms with Crippen molar-refractivity contribution >= 4 is 0 Å². The Morgan fingerprint density at radius 3 is 1.81 bits per heavy atom. The molecule has 0 bridgehead atoms. The molecule has 3 aromatic carbocycles. The molecule has 1 saturated heterocycles. The zero-order chi connectivity index (χ0) is 21.9. The van der Waals surface area contributed by atoms with Gasteiger partial charge in [0.2, 0.25) is 0 Å². The molecule has 0 amide bonds. The molecular weight excluding hydrogens is 378 g/mol. The van der Waals surface area contributed by atoms with Crippen molar-refractivity contribution in [1.29, 1.82) is 0 Å². The van der Waals surface area contributed by atoms with Crippen LogP contribution in [0.2, 0.25) is 0 Å². The summed E-state index contributed by atoms with van der Waals surface area (Å²) in [5.41, 5.74) is 3.82. The molecule has 0 spiro atoms. The summed E-state index contributed by atoms with van der Waals surface area (Å²) >= 11 is 0. The summed E-state index contributed by atoms with van der Waals surface area (Å²) in [6.45, 7) is 10.7. The molecule has 1 fully saturated rings. The lowest BCUT2D eigenvalue weighted by Crippen LogP contribution is -2.48. The molecule has 31 heavy (non-hydrogen) atoms. The highest BCUT2D eigenvalue weighted by molar-refractivity contribution is 5.42. The number of hydrogen-bond donors (Lipinski definition) is 0. The van der Waals surface area contributed by atoms with E-state index in [0.29, 0.717) is 6.04 Å². The molecule has 162 valence electrons. The Hall–Kier alpha value is -2.42. The smallest absolute Gasteiger partial charge is 0.0785 e. The van der Waals surface area contributed by atoms with E-state index in [4.69, 9.17) is 4.74 Å². The minimum Gasteiger partial charge on any atom is -0.371 e. The summed E-state index contributed by atoms with van der Waals surface area (Å²) in [6.07, 6.45) is 1.23. The molecule has 0 aromatic heterocycles. The van der Waals surface area contributed by atoms with E-state index in [1.54, 1.807) is 0 Å². The van der Waals surface area contributed by atoms with Crippen LogP contribution < -0.4 is 0 Å². The van der Waals surface area contributed by atoms with Gasteiger partial charge in [-0.05, 0) is 50.8 Å². The van der Waals surface area contributed by atoms with E-state index >= 15 is 0 Å². The van der Waals surface area contributed by atoms with E-state index in [2.05, 4.69) is 124 Å². The highest BCUT2D eigenvalue weighted by Gasteiger charge is 2.51. The van der Waals surface area contributed by atoms with Crippen molar-refractivity contribution in [3.05, 3.63) is 108 Å². The summed E-state index contributed by atoms with van der Waals surface area (Å²) < 4.78 is 6.51. The van der Waals surface area contributed by atoms with Gasteiger partial charge in [-0.3, -0.25) is 4.90 Å². The first-order valence-electron chi connectivity index (χ1n) is 11.5. The normalized spacial score (nSPS) is 19.1. The van der Waals surface area contributed by atoms with Gasteiger partial charge in [-0.15, -0.1) is 0 Å². The fraction of sp³-hybridized carbons (Fsp3) is 0.379. The minimum atomic E-state index is -0.256. The maximum absolute atomic E-state index is 6.51. The minimum absolute atomic E-state index is 0.0560. The summed E-state index contributed by atoms with van der Waals surface area (Å²) in [5.74, 6) is 0. The Balaban J connectivity index is 1.79. The van der Waals surface area contributed by atoms with E-state index < -0.39 is 0 Å². The van der Waals surface area contributed by atoms with Crippen molar-refractivity contribution in [2.45, 2.75) is 63.8 Å². The molecule has 0 saturated carbocycles. The lowest BCUT2D eigenvalue weighted by Gasteiger charge is -2.39. The van der Waals surface area contributed by atoms with Gasteiger partial charge in [0.05, 0.1) is 11.7 Å². The fourth-order valence-electron chi connectivity index (χ4n) is 5.44. The van der Waals surface area contributed by atoms with E-state index in [-0.39, 0.29) is 17.1 Å². The third-order valence-electron chi connectivity index (χ3n) is 6.68. The monoisotopic (exact) mass is 413 g/mol. The zero-order valence-electron chi connectivity index (χ0n) is 19.3. The molecule has 0 N–H and O–H groups in total. The lowest BCUT2D eigenvalue weighted by atomic mass is 9.71. The van der Waals surface area contributed by atoms with E-state index in [1.807, 2.05) is 0 Å². The van der Waals surface area contributed by atoms with Crippen molar-refractivity contribution in [2.24, 2.45) is 0 Å². The molecule has 0 radical (unpaired) electrons.